The molecule has 0 bridgehead atoms. The van der Waals surface area contributed by atoms with Crippen LogP contribution in [-0.2, 0) is 4.74 Å². The van der Waals surface area contributed by atoms with Gasteiger partial charge < -0.3 is 19.5 Å². The number of rotatable bonds is 7. The van der Waals surface area contributed by atoms with Crippen molar-refractivity contribution in [2.75, 3.05) is 47.1 Å². The van der Waals surface area contributed by atoms with Gasteiger partial charge in [0.25, 0.3) is 5.91 Å². The van der Waals surface area contributed by atoms with E-state index in [0.717, 1.165) is 26.3 Å². The van der Waals surface area contributed by atoms with Crippen LogP contribution in [0.5, 0.6) is 11.5 Å². The van der Waals surface area contributed by atoms with E-state index in [2.05, 4.69) is 21.7 Å². The van der Waals surface area contributed by atoms with E-state index >= 15 is 0 Å². The third-order valence-electron chi connectivity index (χ3n) is 4.47. The number of morpholine rings is 1. The van der Waals surface area contributed by atoms with Gasteiger partial charge in [0, 0.05) is 24.5 Å². The lowest BCUT2D eigenvalue weighted by Crippen LogP contribution is -2.43. The monoisotopic (exact) mass is 376 g/mol. The number of benzene rings is 1. The molecule has 1 saturated heterocycles. The number of nitrogens with zero attached hydrogens (tertiary/aromatic N) is 1. The summed E-state index contributed by atoms with van der Waals surface area (Å²) in [7, 11) is 3.10. The number of hydrogen-bond acceptors (Lipinski definition) is 6. The van der Waals surface area contributed by atoms with E-state index < -0.39 is 0 Å². The van der Waals surface area contributed by atoms with E-state index in [9.17, 15) is 4.79 Å². The Morgan fingerprint density at radius 3 is 2.46 bits per heavy atom. The fourth-order valence-corrected chi connectivity index (χ4v) is 3.99. The summed E-state index contributed by atoms with van der Waals surface area (Å²) in [5.74, 6) is 0.802. The number of ether oxygens (including phenoxy) is 3. The maximum absolute atomic E-state index is 12.9. The van der Waals surface area contributed by atoms with E-state index in [4.69, 9.17) is 14.2 Å². The molecule has 1 fully saturated rings. The largest absolute Gasteiger partial charge is 0.496 e. The second-order valence-electron chi connectivity index (χ2n) is 5.93. The molecule has 2 aromatic rings. The third-order valence-corrected chi connectivity index (χ3v) is 5.44. The van der Waals surface area contributed by atoms with Gasteiger partial charge in [-0.1, -0.05) is 12.1 Å². The molecule has 2 heterocycles. The zero-order chi connectivity index (χ0) is 18.4. The average Bonchev–Trinajstić information content (AvgIpc) is 3.22. The second kappa shape index (κ2) is 9.02. The molecule has 0 saturated carbocycles. The molecule has 6 nitrogen and oxygen atoms in total. The smallest absolute Gasteiger partial charge is 0.258 e. The van der Waals surface area contributed by atoms with Gasteiger partial charge in [0.15, 0.2) is 0 Å². The van der Waals surface area contributed by atoms with Gasteiger partial charge in [-0.3, -0.25) is 9.69 Å². The summed E-state index contributed by atoms with van der Waals surface area (Å²) in [5.41, 5.74) is 0.421. The summed E-state index contributed by atoms with van der Waals surface area (Å²) < 4.78 is 16.1. The maximum atomic E-state index is 12.9. The lowest BCUT2D eigenvalue weighted by Gasteiger charge is -2.34. The molecule has 26 heavy (non-hydrogen) atoms. The molecule has 1 atom stereocenters. The molecule has 1 unspecified atom stereocenters. The Kier molecular flexibility index (Phi) is 6.49. The van der Waals surface area contributed by atoms with Crippen molar-refractivity contribution >= 4 is 17.2 Å². The highest BCUT2D eigenvalue weighted by molar-refractivity contribution is 7.10. The minimum Gasteiger partial charge on any atom is -0.496 e. The van der Waals surface area contributed by atoms with E-state index in [1.165, 1.54) is 4.88 Å². The predicted molar refractivity (Wildman–Crippen MR) is 101 cm³/mol. The number of carbonyl (C=O) groups is 1. The first-order valence-electron chi connectivity index (χ1n) is 8.59. The predicted octanol–water partition coefficient (Wildman–Crippen LogP) is 2.57. The van der Waals surface area contributed by atoms with Crippen LogP contribution in [0.15, 0.2) is 35.7 Å². The fourth-order valence-electron chi connectivity index (χ4n) is 3.13. The number of methoxy groups -OCH3 is 2. The number of thiophene rings is 1. The van der Waals surface area contributed by atoms with E-state index in [-0.39, 0.29) is 11.9 Å². The van der Waals surface area contributed by atoms with Crippen molar-refractivity contribution in [3.05, 3.63) is 46.2 Å². The highest BCUT2D eigenvalue weighted by Crippen LogP contribution is 2.29. The Balaban J connectivity index is 1.76. The van der Waals surface area contributed by atoms with Crippen molar-refractivity contribution in [3.63, 3.8) is 0 Å². The highest BCUT2D eigenvalue weighted by atomic mass is 32.1. The van der Waals surface area contributed by atoms with Crippen LogP contribution >= 0.6 is 11.3 Å². The Labute approximate surface area is 157 Å². The minimum atomic E-state index is -0.200. The lowest BCUT2D eigenvalue weighted by molar-refractivity contribution is 0.0169. The van der Waals surface area contributed by atoms with Gasteiger partial charge in [-0.25, -0.2) is 0 Å². The standard InChI is InChI=1S/C19H24N2O4S/c1-23-15-5-3-6-16(24-2)18(15)19(22)20-13-14(17-7-4-12-26-17)21-8-10-25-11-9-21/h3-7,12,14H,8-11,13H2,1-2H3,(H,20,22). The molecule has 140 valence electrons. The average molecular weight is 376 g/mol. The zero-order valence-corrected chi connectivity index (χ0v) is 15.9. The van der Waals surface area contributed by atoms with Gasteiger partial charge in [-0.2, -0.15) is 0 Å². The normalized spacial score (nSPS) is 16.1. The first-order valence-corrected chi connectivity index (χ1v) is 9.47. The molecule has 1 amide bonds. The van der Waals surface area contributed by atoms with E-state index in [1.807, 2.05) is 6.07 Å². The van der Waals surface area contributed by atoms with Crippen LogP contribution in [0, 0.1) is 0 Å². The van der Waals surface area contributed by atoms with Gasteiger partial charge in [0.05, 0.1) is 33.5 Å². The first kappa shape index (κ1) is 18.7. The second-order valence-corrected chi connectivity index (χ2v) is 6.91. The molecular weight excluding hydrogens is 352 g/mol. The summed E-state index contributed by atoms with van der Waals surface area (Å²) >= 11 is 1.70. The van der Waals surface area contributed by atoms with Crippen LogP contribution in [0.3, 0.4) is 0 Å². The number of nitrogens with one attached hydrogen (secondary N) is 1. The van der Waals surface area contributed by atoms with Gasteiger partial charge in [0.2, 0.25) is 0 Å². The number of hydrogen-bond donors (Lipinski definition) is 1. The topological polar surface area (TPSA) is 60.0 Å². The molecule has 1 aliphatic rings. The van der Waals surface area contributed by atoms with Crippen molar-refractivity contribution in [3.8, 4) is 11.5 Å². The van der Waals surface area contributed by atoms with Crippen molar-refractivity contribution in [2.24, 2.45) is 0 Å². The minimum absolute atomic E-state index is 0.128. The van der Waals surface area contributed by atoms with Crippen LogP contribution in [0.1, 0.15) is 21.3 Å². The number of carbonyl (C=O) groups excluding carboxylic acids is 1. The van der Waals surface area contributed by atoms with Crippen molar-refractivity contribution in [1.29, 1.82) is 0 Å². The van der Waals surface area contributed by atoms with E-state index in [1.54, 1.807) is 43.8 Å². The summed E-state index contributed by atoms with van der Waals surface area (Å²) in [6, 6.07) is 9.60. The van der Waals surface area contributed by atoms with Crippen LogP contribution in [0.4, 0.5) is 0 Å². The van der Waals surface area contributed by atoms with Crippen LogP contribution in [0.2, 0.25) is 0 Å². The quantitative estimate of drug-likeness (QED) is 0.805. The molecule has 1 N–H and O–H groups in total. The third kappa shape index (κ3) is 4.17. The fraction of sp³-hybridized carbons (Fsp3) is 0.421. The summed E-state index contributed by atoms with van der Waals surface area (Å²) in [6.07, 6.45) is 0. The molecule has 3 rings (SSSR count). The Morgan fingerprint density at radius 2 is 1.88 bits per heavy atom. The SMILES string of the molecule is COc1cccc(OC)c1C(=O)NCC(c1cccs1)N1CCOCC1. The lowest BCUT2D eigenvalue weighted by atomic mass is 10.1. The Morgan fingerprint density at radius 1 is 1.19 bits per heavy atom. The van der Waals surface area contributed by atoms with Gasteiger partial charge in [0.1, 0.15) is 17.1 Å². The van der Waals surface area contributed by atoms with Crippen molar-refractivity contribution in [1.82, 2.24) is 10.2 Å². The van der Waals surface area contributed by atoms with Gasteiger partial charge >= 0.3 is 0 Å². The zero-order valence-electron chi connectivity index (χ0n) is 15.1. The molecule has 0 spiro atoms. The van der Waals surface area contributed by atoms with Crippen LogP contribution < -0.4 is 14.8 Å². The first-order chi connectivity index (χ1) is 12.7. The highest BCUT2D eigenvalue weighted by Gasteiger charge is 2.25. The molecule has 1 aromatic carbocycles. The molecule has 1 aliphatic heterocycles. The van der Waals surface area contributed by atoms with Crippen LogP contribution in [0.25, 0.3) is 0 Å². The van der Waals surface area contributed by atoms with Crippen molar-refractivity contribution in [2.45, 2.75) is 6.04 Å². The Bertz CT molecular complexity index is 692. The summed E-state index contributed by atoms with van der Waals surface area (Å²) in [6.45, 7) is 3.67. The van der Waals surface area contributed by atoms with Crippen LogP contribution in [-0.4, -0.2) is 57.9 Å². The van der Waals surface area contributed by atoms with Gasteiger partial charge in [-0.05, 0) is 23.6 Å². The number of amides is 1. The van der Waals surface area contributed by atoms with E-state index in [0.29, 0.717) is 23.6 Å². The maximum Gasteiger partial charge on any atom is 0.258 e. The Hall–Kier alpha value is -2.09. The van der Waals surface area contributed by atoms with Crippen molar-refractivity contribution < 1.29 is 19.0 Å². The molecule has 0 radical (unpaired) electrons. The molecular formula is C19H24N2O4S. The van der Waals surface area contributed by atoms with Gasteiger partial charge in [-0.15, -0.1) is 11.3 Å². The molecule has 0 aliphatic carbocycles. The summed E-state index contributed by atoms with van der Waals surface area (Å²) in [5, 5.41) is 5.12. The summed E-state index contributed by atoms with van der Waals surface area (Å²) in [4.78, 5) is 16.4. The molecule has 7 heteroatoms. The molecule has 1 aromatic heterocycles.